The van der Waals surface area contributed by atoms with Crippen molar-refractivity contribution < 1.29 is 33.4 Å². The number of allylic oxidation sites excluding steroid dienone is 2. The lowest BCUT2D eigenvalue weighted by Gasteiger charge is -2.50. The third-order valence-corrected chi connectivity index (χ3v) is 11.7. The summed E-state index contributed by atoms with van der Waals surface area (Å²) in [6, 6.07) is 18.7. The number of imide groups is 2. The molecule has 236 valence electrons. The standard InChI is InChI=1S/C34H26Cl2FIN2O6/c35-33-17-26-24(13-14-25-27(26)30(43)39(29(25)42)21-9-5-20(38)6-10-21)28(18-1-11-23(12-2-18)46-16-15-41)34(33,36)32(45)40(31(33)44)22-7-3-19(37)4-8-22/h1-13,25-28,41H,14-17H2. The molecular formula is C34H26Cl2FIN2O6. The van der Waals surface area contributed by atoms with Crippen molar-refractivity contribution in [1.29, 1.82) is 0 Å². The Morgan fingerprint density at radius 3 is 2.13 bits per heavy atom. The number of anilines is 2. The first-order chi connectivity index (χ1) is 22.0. The third kappa shape index (κ3) is 4.47. The van der Waals surface area contributed by atoms with Gasteiger partial charge in [0.05, 0.1) is 29.8 Å². The Bertz CT molecular complexity index is 1800. The van der Waals surface area contributed by atoms with Crippen molar-refractivity contribution in [3.8, 4) is 5.75 Å². The van der Waals surface area contributed by atoms with E-state index in [2.05, 4.69) is 22.6 Å². The summed E-state index contributed by atoms with van der Waals surface area (Å²) in [5.41, 5.74) is 1.78. The number of fused-ring (bicyclic) bond motifs is 4. The molecule has 6 unspecified atom stereocenters. The molecule has 2 aliphatic carbocycles. The molecule has 3 fully saturated rings. The SMILES string of the molecule is O=C1C2CC=C3C(CC4(Cl)C(=O)N(c5ccc(F)cc5)C(=O)C4(Cl)C3c3ccc(OCCO)cc3)C2C(=O)N1c1ccc(I)cc1. The molecule has 6 atom stereocenters. The van der Waals surface area contributed by atoms with E-state index in [1.54, 1.807) is 36.4 Å². The van der Waals surface area contributed by atoms with E-state index in [1.807, 2.05) is 18.2 Å². The van der Waals surface area contributed by atoms with Crippen LogP contribution in [-0.4, -0.2) is 51.7 Å². The van der Waals surface area contributed by atoms with Gasteiger partial charge in [0.1, 0.15) is 18.2 Å². The highest BCUT2D eigenvalue weighted by atomic mass is 127. The lowest BCUT2D eigenvalue weighted by molar-refractivity contribution is -0.125. The number of carbonyl (C=O) groups excluding carboxylic acids is 4. The maximum atomic E-state index is 14.4. The minimum atomic E-state index is -2.02. The second-order valence-electron chi connectivity index (χ2n) is 11.9. The zero-order valence-electron chi connectivity index (χ0n) is 24.0. The number of rotatable bonds is 6. The van der Waals surface area contributed by atoms with Crippen LogP contribution in [0, 0.1) is 27.1 Å². The number of aliphatic hydroxyl groups excluding tert-OH is 1. The Hall–Kier alpha value is -3.32. The summed E-state index contributed by atoms with van der Waals surface area (Å²) in [4.78, 5) is 54.8. The van der Waals surface area contributed by atoms with E-state index in [0.29, 0.717) is 22.6 Å². The molecule has 46 heavy (non-hydrogen) atoms. The smallest absolute Gasteiger partial charge is 0.258 e. The van der Waals surface area contributed by atoms with Crippen LogP contribution in [0.5, 0.6) is 5.75 Å². The van der Waals surface area contributed by atoms with E-state index >= 15 is 0 Å². The summed E-state index contributed by atoms with van der Waals surface area (Å²) in [6.07, 6.45) is 1.94. The van der Waals surface area contributed by atoms with Crippen molar-refractivity contribution in [2.24, 2.45) is 17.8 Å². The topological polar surface area (TPSA) is 104 Å². The molecular weight excluding hydrogens is 749 g/mol. The van der Waals surface area contributed by atoms with Crippen molar-refractivity contribution in [3.05, 3.63) is 99.4 Å². The molecule has 0 bridgehead atoms. The van der Waals surface area contributed by atoms with Crippen LogP contribution in [-0.2, 0) is 19.2 Å². The van der Waals surface area contributed by atoms with Gasteiger partial charge in [0.15, 0.2) is 9.75 Å². The van der Waals surface area contributed by atoms with Crippen LogP contribution < -0.4 is 14.5 Å². The number of hydrogen-bond acceptors (Lipinski definition) is 6. The first-order valence-electron chi connectivity index (χ1n) is 14.7. The van der Waals surface area contributed by atoms with Gasteiger partial charge in [-0.3, -0.25) is 24.1 Å². The zero-order chi connectivity index (χ0) is 32.5. The first kappa shape index (κ1) is 31.3. The zero-order valence-corrected chi connectivity index (χ0v) is 27.7. The average Bonchev–Trinajstić information content (AvgIpc) is 3.39. The summed E-state index contributed by atoms with van der Waals surface area (Å²) in [6.45, 7) is -0.0982. The number of ether oxygens (including phenoxy) is 1. The number of hydrogen-bond donors (Lipinski definition) is 1. The molecule has 0 radical (unpaired) electrons. The first-order valence-corrected chi connectivity index (χ1v) is 16.5. The molecule has 7 rings (SSSR count). The molecule has 4 aliphatic rings. The lowest BCUT2D eigenvalue weighted by atomic mass is 9.56. The fourth-order valence-corrected chi connectivity index (χ4v) is 8.83. The Morgan fingerprint density at radius 1 is 0.848 bits per heavy atom. The van der Waals surface area contributed by atoms with E-state index < -0.39 is 57.0 Å². The van der Waals surface area contributed by atoms with Crippen molar-refractivity contribution in [2.75, 3.05) is 23.0 Å². The average molecular weight is 775 g/mol. The molecule has 3 aromatic rings. The van der Waals surface area contributed by atoms with Crippen molar-refractivity contribution in [2.45, 2.75) is 28.5 Å². The van der Waals surface area contributed by atoms with E-state index in [9.17, 15) is 28.7 Å². The van der Waals surface area contributed by atoms with Gasteiger partial charge in [-0.05, 0) is 108 Å². The number of nitrogens with zero attached hydrogens (tertiary/aromatic N) is 2. The molecule has 2 aliphatic heterocycles. The van der Waals surface area contributed by atoms with Gasteiger partial charge >= 0.3 is 0 Å². The molecule has 0 spiro atoms. The van der Waals surface area contributed by atoms with Crippen LogP contribution in [0.1, 0.15) is 24.3 Å². The van der Waals surface area contributed by atoms with Crippen LogP contribution in [0.2, 0.25) is 0 Å². The maximum absolute atomic E-state index is 14.4. The van der Waals surface area contributed by atoms with Crippen LogP contribution in [0.25, 0.3) is 0 Å². The van der Waals surface area contributed by atoms with Crippen molar-refractivity contribution in [1.82, 2.24) is 0 Å². The Labute approximate surface area is 287 Å². The highest BCUT2D eigenvalue weighted by Crippen LogP contribution is 2.66. The largest absolute Gasteiger partial charge is 0.491 e. The Morgan fingerprint density at radius 2 is 1.48 bits per heavy atom. The second kappa shape index (κ2) is 11.4. The van der Waals surface area contributed by atoms with Crippen LogP contribution in [0.3, 0.4) is 0 Å². The maximum Gasteiger partial charge on any atom is 0.258 e. The number of amides is 4. The molecule has 12 heteroatoms. The fraction of sp³-hybridized carbons (Fsp3) is 0.294. The summed E-state index contributed by atoms with van der Waals surface area (Å²) in [7, 11) is 0. The van der Waals surface area contributed by atoms with Gasteiger partial charge in [-0.15, -0.1) is 23.2 Å². The monoisotopic (exact) mass is 774 g/mol. The number of halogens is 4. The summed E-state index contributed by atoms with van der Waals surface area (Å²) in [5.74, 6) is -5.51. The highest BCUT2D eigenvalue weighted by Gasteiger charge is 2.76. The van der Waals surface area contributed by atoms with Crippen molar-refractivity contribution >= 4 is 80.8 Å². The molecule has 2 saturated heterocycles. The predicted octanol–water partition coefficient (Wildman–Crippen LogP) is 5.57. The predicted molar refractivity (Wildman–Crippen MR) is 177 cm³/mol. The molecule has 8 nitrogen and oxygen atoms in total. The van der Waals surface area contributed by atoms with Crippen LogP contribution in [0.15, 0.2) is 84.4 Å². The van der Waals surface area contributed by atoms with Crippen LogP contribution in [0.4, 0.5) is 15.8 Å². The van der Waals surface area contributed by atoms with Gasteiger partial charge < -0.3 is 9.84 Å². The van der Waals surface area contributed by atoms with Crippen molar-refractivity contribution in [3.63, 3.8) is 0 Å². The molecule has 3 aromatic carbocycles. The minimum Gasteiger partial charge on any atom is -0.491 e. The van der Waals surface area contributed by atoms with Gasteiger partial charge in [-0.25, -0.2) is 9.29 Å². The summed E-state index contributed by atoms with van der Waals surface area (Å²) >= 11 is 16.9. The lowest BCUT2D eigenvalue weighted by Crippen LogP contribution is -2.60. The Balaban J connectivity index is 1.36. The quantitative estimate of drug-likeness (QED) is 0.152. The fourth-order valence-electron chi connectivity index (χ4n) is 7.54. The molecule has 1 saturated carbocycles. The molecule has 2 heterocycles. The second-order valence-corrected chi connectivity index (χ2v) is 14.4. The van der Waals surface area contributed by atoms with Gasteiger partial charge in [-0.2, -0.15) is 0 Å². The molecule has 4 amide bonds. The van der Waals surface area contributed by atoms with Crippen LogP contribution >= 0.6 is 45.8 Å². The van der Waals surface area contributed by atoms with E-state index in [0.717, 1.165) is 20.6 Å². The summed E-state index contributed by atoms with van der Waals surface area (Å²) < 4.78 is 20.3. The van der Waals surface area contributed by atoms with E-state index in [1.165, 1.54) is 17.0 Å². The van der Waals surface area contributed by atoms with Gasteiger partial charge in [0.2, 0.25) is 11.8 Å². The third-order valence-electron chi connectivity index (χ3n) is 9.55. The number of alkyl halides is 2. The van der Waals surface area contributed by atoms with Gasteiger partial charge in [-0.1, -0.05) is 23.8 Å². The minimum absolute atomic E-state index is 0.0795. The molecule has 0 aromatic heterocycles. The van der Waals surface area contributed by atoms with E-state index in [-0.39, 0.29) is 37.6 Å². The normalized spacial score (nSPS) is 30.2. The Kier molecular flexibility index (Phi) is 7.77. The number of benzene rings is 3. The van der Waals surface area contributed by atoms with E-state index in [4.69, 9.17) is 27.9 Å². The van der Waals surface area contributed by atoms with Gasteiger partial charge in [0.25, 0.3) is 11.8 Å². The van der Waals surface area contributed by atoms with Gasteiger partial charge in [0, 0.05) is 9.49 Å². The number of aliphatic hydroxyl groups is 1. The molecule has 1 N–H and O–H groups in total. The highest BCUT2D eigenvalue weighted by molar-refractivity contribution is 14.1. The number of carbonyl (C=O) groups is 4. The summed E-state index contributed by atoms with van der Waals surface area (Å²) in [5, 5.41) is 9.17.